The van der Waals surface area contributed by atoms with Gasteiger partial charge in [-0.15, -0.1) is 0 Å². The second kappa shape index (κ2) is 8.16. The smallest absolute Gasteiger partial charge is 0.239 e. The number of carbonyl (C=O) groups is 1. The summed E-state index contributed by atoms with van der Waals surface area (Å²) in [7, 11) is 1.84. The first-order valence-electron chi connectivity index (χ1n) is 8.86. The molecule has 0 aliphatic carbocycles. The molecule has 1 saturated heterocycles. The van der Waals surface area contributed by atoms with Crippen LogP contribution in [0.3, 0.4) is 0 Å². The minimum Gasteiger partial charge on any atom is -0.492 e. The van der Waals surface area contributed by atoms with Gasteiger partial charge in [-0.25, -0.2) is 0 Å². The summed E-state index contributed by atoms with van der Waals surface area (Å²) >= 11 is 0. The summed E-state index contributed by atoms with van der Waals surface area (Å²) in [5.74, 6) is 0.959. The van der Waals surface area contributed by atoms with Crippen molar-refractivity contribution in [2.24, 2.45) is 0 Å². The van der Waals surface area contributed by atoms with Crippen LogP contribution in [0.4, 0.5) is 0 Å². The van der Waals surface area contributed by atoms with E-state index in [1.165, 1.54) is 0 Å². The van der Waals surface area contributed by atoms with Gasteiger partial charge in [-0.05, 0) is 44.0 Å². The summed E-state index contributed by atoms with van der Waals surface area (Å²) in [4.78, 5) is 14.1. The van der Waals surface area contributed by atoms with Gasteiger partial charge in [0.15, 0.2) is 0 Å². The number of rotatable bonds is 6. The van der Waals surface area contributed by atoms with Gasteiger partial charge < -0.3 is 15.0 Å². The summed E-state index contributed by atoms with van der Waals surface area (Å²) in [5.41, 5.74) is 3.17. The van der Waals surface area contributed by atoms with Crippen molar-refractivity contribution >= 4 is 5.91 Å². The molecule has 25 heavy (non-hydrogen) atoms. The van der Waals surface area contributed by atoms with Crippen molar-refractivity contribution in [3.8, 4) is 16.9 Å². The molecule has 1 atom stereocenters. The first kappa shape index (κ1) is 17.5. The van der Waals surface area contributed by atoms with Crippen LogP contribution in [-0.2, 0) is 4.79 Å². The average Bonchev–Trinajstić information content (AvgIpc) is 3.08. The molecular formula is C19H26N4O2. The zero-order valence-electron chi connectivity index (χ0n) is 14.9. The Kier molecular flexibility index (Phi) is 5.71. The lowest BCUT2D eigenvalue weighted by molar-refractivity contribution is -0.133. The van der Waals surface area contributed by atoms with E-state index in [9.17, 15) is 4.79 Å². The van der Waals surface area contributed by atoms with Crippen LogP contribution < -0.4 is 10.1 Å². The summed E-state index contributed by atoms with van der Waals surface area (Å²) in [6, 6.07) is 7.91. The molecule has 1 aliphatic heterocycles. The molecule has 2 aromatic rings. The minimum atomic E-state index is -0.0360. The largest absolute Gasteiger partial charge is 0.492 e. The molecule has 3 rings (SSSR count). The molecule has 1 fully saturated rings. The molecule has 134 valence electrons. The third kappa shape index (κ3) is 4.39. The average molecular weight is 342 g/mol. The van der Waals surface area contributed by atoms with Gasteiger partial charge in [-0.1, -0.05) is 18.6 Å². The van der Waals surface area contributed by atoms with Crippen molar-refractivity contribution in [2.75, 3.05) is 26.7 Å². The number of amides is 1. The molecule has 1 amide bonds. The van der Waals surface area contributed by atoms with Gasteiger partial charge in [-0.2, -0.15) is 5.10 Å². The number of likely N-dealkylation sites (N-methyl/N-ethyl adjacent to an activating group) is 1. The van der Waals surface area contributed by atoms with Crippen molar-refractivity contribution in [3.63, 3.8) is 0 Å². The quantitative estimate of drug-likeness (QED) is 0.845. The molecule has 6 nitrogen and oxygen atoms in total. The molecule has 6 heteroatoms. The second-order valence-corrected chi connectivity index (χ2v) is 6.55. The molecular weight excluding hydrogens is 316 g/mol. The Morgan fingerprint density at radius 1 is 1.40 bits per heavy atom. The van der Waals surface area contributed by atoms with Crippen molar-refractivity contribution in [3.05, 3.63) is 36.2 Å². The fourth-order valence-corrected chi connectivity index (χ4v) is 3.13. The van der Waals surface area contributed by atoms with Crippen molar-refractivity contribution < 1.29 is 9.53 Å². The van der Waals surface area contributed by atoms with Crippen LogP contribution in [-0.4, -0.2) is 53.8 Å². The number of benzene rings is 1. The van der Waals surface area contributed by atoms with Crippen molar-refractivity contribution in [1.82, 2.24) is 20.4 Å². The Morgan fingerprint density at radius 3 is 3.00 bits per heavy atom. The van der Waals surface area contributed by atoms with Gasteiger partial charge in [0.2, 0.25) is 5.91 Å². The van der Waals surface area contributed by atoms with E-state index in [-0.39, 0.29) is 11.9 Å². The molecule has 0 spiro atoms. The Balaban J connectivity index is 1.52. The van der Waals surface area contributed by atoms with E-state index < -0.39 is 0 Å². The van der Waals surface area contributed by atoms with Gasteiger partial charge in [0, 0.05) is 18.3 Å². The zero-order chi connectivity index (χ0) is 17.6. The SMILES string of the molecule is Cc1[nH]ncc1-c1cccc(OCCN(C)C(=O)[C@@H]2CCCCN2)c1. The number of carbonyl (C=O) groups excluding carboxylic acids is 1. The Bertz CT molecular complexity index is 707. The number of ether oxygens (including phenoxy) is 1. The maximum absolute atomic E-state index is 12.4. The summed E-state index contributed by atoms with van der Waals surface area (Å²) in [6.07, 6.45) is 5.02. The van der Waals surface area contributed by atoms with Gasteiger partial charge in [0.25, 0.3) is 0 Å². The number of nitrogens with zero attached hydrogens (tertiary/aromatic N) is 2. The van der Waals surface area contributed by atoms with E-state index in [1.54, 1.807) is 4.90 Å². The molecule has 0 radical (unpaired) electrons. The maximum Gasteiger partial charge on any atom is 0.239 e. The summed E-state index contributed by atoms with van der Waals surface area (Å²) in [5, 5.41) is 10.3. The normalized spacial score (nSPS) is 17.3. The van der Waals surface area contributed by atoms with Crippen LogP contribution in [0.1, 0.15) is 25.0 Å². The Morgan fingerprint density at radius 2 is 2.28 bits per heavy atom. The van der Waals surface area contributed by atoms with Gasteiger partial charge in [-0.3, -0.25) is 9.89 Å². The van der Waals surface area contributed by atoms with Crippen LogP contribution in [0.25, 0.3) is 11.1 Å². The number of aryl methyl sites for hydroxylation is 1. The molecule has 0 unspecified atom stereocenters. The van der Waals surface area contributed by atoms with Gasteiger partial charge in [0.1, 0.15) is 12.4 Å². The fraction of sp³-hybridized carbons (Fsp3) is 0.474. The summed E-state index contributed by atoms with van der Waals surface area (Å²) < 4.78 is 5.85. The zero-order valence-corrected chi connectivity index (χ0v) is 14.9. The number of aromatic nitrogens is 2. The topological polar surface area (TPSA) is 70.2 Å². The number of nitrogens with one attached hydrogen (secondary N) is 2. The highest BCUT2D eigenvalue weighted by Crippen LogP contribution is 2.25. The van der Waals surface area contributed by atoms with Gasteiger partial charge >= 0.3 is 0 Å². The number of H-pyrrole nitrogens is 1. The number of piperidine rings is 1. The van der Waals surface area contributed by atoms with E-state index in [1.807, 2.05) is 44.4 Å². The van der Waals surface area contributed by atoms with Crippen LogP contribution in [0.2, 0.25) is 0 Å². The highest BCUT2D eigenvalue weighted by molar-refractivity contribution is 5.81. The van der Waals surface area contributed by atoms with E-state index in [2.05, 4.69) is 15.5 Å². The number of aromatic amines is 1. The highest BCUT2D eigenvalue weighted by Gasteiger charge is 2.23. The van der Waals surface area contributed by atoms with Crippen LogP contribution >= 0.6 is 0 Å². The molecule has 0 bridgehead atoms. The van der Waals surface area contributed by atoms with Crippen LogP contribution in [0, 0.1) is 6.92 Å². The lowest BCUT2D eigenvalue weighted by atomic mass is 10.0. The lowest BCUT2D eigenvalue weighted by Crippen LogP contribution is -2.48. The molecule has 1 aromatic carbocycles. The number of hydrogen-bond acceptors (Lipinski definition) is 4. The van der Waals surface area contributed by atoms with Crippen molar-refractivity contribution in [2.45, 2.75) is 32.2 Å². The van der Waals surface area contributed by atoms with Crippen LogP contribution in [0.5, 0.6) is 5.75 Å². The van der Waals surface area contributed by atoms with E-state index in [4.69, 9.17) is 4.74 Å². The van der Waals surface area contributed by atoms with E-state index in [0.717, 1.165) is 48.4 Å². The predicted octanol–water partition coefficient (Wildman–Crippen LogP) is 2.36. The third-order valence-corrected chi connectivity index (χ3v) is 4.66. The monoisotopic (exact) mass is 342 g/mol. The third-order valence-electron chi connectivity index (χ3n) is 4.66. The second-order valence-electron chi connectivity index (χ2n) is 6.55. The molecule has 2 heterocycles. The Labute approximate surface area is 148 Å². The number of hydrogen-bond donors (Lipinski definition) is 2. The van der Waals surface area contributed by atoms with Crippen molar-refractivity contribution in [1.29, 1.82) is 0 Å². The first-order valence-corrected chi connectivity index (χ1v) is 8.86. The minimum absolute atomic E-state index is 0.0360. The van der Waals surface area contributed by atoms with E-state index >= 15 is 0 Å². The molecule has 1 aromatic heterocycles. The van der Waals surface area contributed by atoms with Gasteiger partial charge in [0.05, 0.1) is 18.8 Å². The highest BCUT2D eigenvalue weighted by atomic mass is 16.5. The molecule has 1 aliphatic rings. The summed E-state index contributed by atoms with van der Waals surface area (Å²) in [6.45, 7) is 3.98. The predicted molar refractivity (Wildman–Crippen MR) is 97.5 cm³/mol. The molecule has 2 N–H and O–H groups in total. The maximum atomic E-state index is 12.4. The fourth-order valence-electron chi connectivity index (χ4n) is 3.13. The van der Waals surface area contributed by atoms with E-state index in [0.29, 0.717) is 13.2 Å². The molecule has 0 saturated carbocycles. The first-order chi connectivity index (χ1) is 12.1. The Hall–Kier alpha value is -2.34. The standard InChI is InChI=1S/C19H26N4O2/c1-14-17(13-21-22-14)15-6-5-7-16(12-15)25-11-10-23(2)19(24)18-8-3-4-9-20-18/h5-7,12-13,18,20H,3-4,8-11H2,1-2H3,(H,21,22)/t18-/m0/s1. The van der Waals surface area contributed by atoms with Crippen LogP contribution in [0.15, 0.2) is 30.5 Å². The lowest BCUT2D eigenvalue weighted by Gasteiger charge is -2.27.